The number of hydrogen-bond donors (Lipinski definition) is 1. The molecule has 3 heterocycles. The number of aromatic nitrogens is 2. The number of carbonyl (C=O) groups excluding carboxylic acids is 1. The lowest BCUT2D eigenvalue weighted by molar-refractivity contribution is 0.0674. The molecule has 1 unspecified atom stereocenters. The molecule has 1 N–H and O–H groups in total. The number of piperidine rings is 1. The fourth-order valence-electron chi connectivity index (χ4n) is 4.41. The van der Waals surface area contributed by atoms with Crippen molar-refractivity contribution in [2.75, 3.05) is 20.2 Å². The maximum atomic E-state index is 13.8. The Hall–Kier alpha value is -3.87. The summed E-state index contributed by atoms with van der Waals surface area (Å²) in [5, 5.41) is 7.29. The molecule has 0 bridgehead atoms. The summed E-state index contributed by atoms with van der Waals surface area (Å²) < 4.78 is 24.8. The zero-order valence-electron chi connectivity index (χ0n) is 18.3. The second-order valence-electron chi connectivity index (χ2n) is 8.19. The molecule has 33 heavy (non-hydrogen) atoms. The standard InChI is InChI=1S/C26H24FN3O3/c1-32-21-9-7-17(8-10-21)23-11-12-24(33-23)26(31)30-13-3-5-19(16-30)25-22(15-28-29-25)18-4-2-6-20(27)14-18/h2,4,6-12,14-15,19H,3,5,13,16H2,1H3,(H,28,29). The number of likely N-dealkylation sites (tertiary alicyclic amines) is 1. The number of methoxy groups -OCH3 is 1. The van der Waals surface area contributed by atoms with Gasteiger partial charge in [0.1, 0.15) is 17.3 Å². The van der Waals surface area contributed by atoms with E-state index in [1.807, 2.05) is 41.3 Å². The van der Waals surface area contributed by atoms with E-state index in [1.54, 1.807) is 25.4 Å². The van der Waals surface area contributed by atoms with E-state index in [4.69, 9.17) is 9.15 Å². The van der Waals surface area contributed by atoms with Crippen LogP contribution in [0, 0.1) is 5.82 Å². The van der Waals surface area contributed by atoms with Crippen molar-refractivity contribution in [2.24, 2.45) is 0 Å². The van der Waals surface area contributed by atoms with Gasteiger partial charge in [0.2, 0.25) is 0 Å². The molecule has 4 aromatic rings. The molecule has 1 aliphatic heterocycles. The molecular formula is C26H24FN3O3. The first-order chi connectivity index (χ1) is 16.1. The molecule has 0 aliphatic carbocycles. The summed E-state index contributed by atoms with van der Waals surface area (Å²) in [5.41, 5.74) is 3.45. The van der Waals surface area contributed by atoms with E-state index >= 15 is 0 Å². The Morgan fingerprint density at radius 3 is 2.79 bits per heavy atom. The van der Waals surface area contributed by atoms with E-state index in [1.165, 1.54) is 12.1 Å². The molecule has 2 aromatic carbocycles. The first kappa shape index (κ1) is 21.0. The van der Waals surface area contributed by atoms with E-state index in [9.17, 15) is 9.18 Å². The minimum atomic E-state index is -0.286. The first-order valence-electron chi connectivity index (χ1n) is 10.9. The van der Waals surface area contributed by atoms with E-state index in [0.29, 0.717) is 24.6 Å². The Morgan fingerprint density at radius 2 is 2.00 bits per heavy atom. The second-order valence-corrected chi connectivity index (χ2v) is 8.19. The molecule has 168 valence electrons. The average Bonchev–Trinajstić information content (AvgIpc) is 3.54. The van der Waals surface area contributed by atoms with Crippen LogP contribution in [-0.4, -0.2) is 41.2 Å². The summed E-state index contributed by atoms with van der Waals surface area (Å²) in [7, 11) is 1.62. The van der Waals surface area contributed by atoms with Gasteiger partial charge in [0.05, 0.1) is 13.3 Å². The molecule has 1 saturated heterocycles. The molecule has 5 rings (SSSR count). The van der Waals surface area contributed by atoms with Crippen LogP contribution in [0.3, 0.4) is 0 Å². The monoisotopic (exact) mass is 445 g/mol. The molecule has 1 aliphatic rings. The Balaban J connectivity index is 1.33. The molecule has 0 saturated carbocycles. The maximum absolute atomic E-state index is 13.8. The SMILES string of the molecule is COc1ccc(-c2ccc(C(=O)N3CCCC(c4[nH]ncc4-c4cccc(F)c4)C3)o2)cc1. The van der Waals surface area contributed by atoms with E-state index < -0.39 is 0 Å². The van der Waals surface area contributed by atoms with Crippen LogP contribution in [-0.2, 0) is 0 Å². The van der Waals surface area contributed by atoms with E-state index in [0.717, 1.165) is 41.0 Å². The molecule has 2 aromatic heterocycles. The average molecular weight is 445 g/mol. The van der Waals surface area contributed by atoms with Crippen LogP contribution in [0.5, 0.6) is 5.75 Å². The van der Waals surface area contributed by atoms with E-state index in [-0.39, 0.29) is 17.6 Å². The van der Waals surface area contributed by atoms with Gasteiger partial charge in [0.15, 0.2) is 5.76 Å². The Labute approximate surface area is 191 Å². The van der Waals surface area contributed by atoms with Gasteiger partial charge < -0.3 is 14.1 Å². The highest BCUT2D eigenvalue weighted by Gasteiger charge is 2.29. The molecule has 0 spiro atoms. The fraction of sp³-hybridized carbons (Fsp3) is 0.231. The topological polar surface area (TPSA) is 71.4 Å². The molecule has 1 atom stereocenters. The number of carbonyl (C=O) groups is 1. The van der Waals surface area contributed by atoms with Crippen molar-refractivity contribution < 1.29 is 18.3 Å². The van der Waals surface area contributed by atoms with Crippen molar-refractivity contribution >= 4 is 5.91 Å². The minimum Gasteiger partial charge on any atom is -0.497 e. The summed E-state index contributed by atoms with van der Waals surface area (Å²) in [6.45, 7) is 1.21. The van der Waals surface area contributed by atoms with Gasteiger partial charge in [-0.05, 0) is 66.9 Å². The van der Waals surface area contributed by atoms with Gasteiger partial charge in [0, 0.05) is 35.8 Å². The van der Waals surface area contributed by atoms with Gasteiger partial charge in [0.25, 0.3) is 5.91 Å². The Bertz CT molecular complexity index is 1260. The summed E-state index contributed by atoms with van der Waals surface area (Å²) in [6, 6.07) is 17.5. The molecule has 0 radical (unpaired) electrons. The van der Waals surface area contributed by atoms with Crippen molar-refractivity contribution in [1.82, 2.24) is 15.1 Å². The van der Waals surface area contributed by atoms with Crippen LogP contribution in [0.2, 0.25) is 0 Å². The molecular weight excluding hydrogens is 421 g/mol. The number of furan rings is 1. The normalized spacial score (nSPS) is 16.1. The third kappa shape index (κ3) is 4.26. The number of rotatable bonds is 5. The molecule has 6 nitrogen and oxygen atoms in total. The largest absolute Gasteiger partial charge is 0.497 e. The fourth-order valence-corrected chi connectivity index (χ4v) is 4.41. The van der Waals surface area contributed by atoms with Crippen LogP contribution in [0.15, 0.2) is 71.3 Å². The lowest BCUT2D eigenvalue weighted by atomic mass is 9.90. The van der Waals surface area contributed by atoms with Crippen molar-refractivity contribution in [1.29, 1.82) is 0 Å². The van der Waals surface area contributed by atoms with Gasteiger partial charge in [-0.1, -0.05) is 12.1 Å². The highest BCUT2D eigenvalue weighted by molar-refractivity contribution is 5.92. The van der Waals surface area contributed by atoms with Crippen LogP contribution >= 0.6 is 0 Å². The van der Waals surface area contributed by atoms with Crippen molar-refractivity contribution in [3.05, 3.63) is 84.1 Å². The van der Waals surface area contributed by atoms with Gasteiger partial charge >= 0.3 is 0 Å². The summed E-state index contributed by atoms with van der Waals surface area (Å²) >= 11 is 0. The van der Waals surface area contributed by atoms with Crippen molar-refractivity contribution in [2.45, 2.75) is 18.8 Å². The number of aromatic amines is 1. The number of benzene rings is 2. The third-order valence-electron chi connectivity index (χ3n) is 6.11. The molecule has 1 amide bonds. The van der Waals surface area contributed by atoms with Gasteiger partial charge in [-0.2, -0.15) is 5.10 Å². The lowest BCUT2D eigenvalue weighted by Crippen LogP contribution is -2.39. The predicted molar refractivity (Wildman–Crippen MR) is 123 cm³/mol. The van der Waals surface area contributed by atoms with E-state index in [2.05, 4.69) is 10.2 Å². The Morgan fingerprint density at radius 1 is 1.15 bits per heavy atom. The maximum Gasteiger partial charge on any atom is 0.289 e. The highest BCUT2D eigenvalue weighted by Crippen LogP contribution is 2.34. The smallest absolute Gasteiger partial charge is 0.289 e. The number of H-pyrrole nitrogens is 1. The lowest BCUT2D eigenvalue weighted by Gasteiger charge is -2.32. The predicted octanol–water partition coefficient (Wildman–Crippen LogP) is 5.50. The van der Waals surface area contributed by atoms with Gasteiger partial charge in [-0.25, -0.2) is 4.39 Å². The van der Waals surface area contributed by atoms with Crippen LogP contribution in [0.25, 0.3) is 22.5 Å². The number of amides is 1. The zero-order chi connectivity index (χ0) is 22.8. The summed E-state index contributed by atoms with van der Waals surface area (Å²) in [6.07, 6.45) is 3.51. The zero-order valence-corrected chi connectivity index (χ0v) is 18.3. The van der Waals surface area contributed by atoms with Gasteiger partial charge in [-0.15, -0.1) is 0 Å². The third-order valence-corrected chi connectivity index (χ3v) is 6.11. The number of hydrogen-bond acceptors (Lipinski definition) is 4. The highest BCUT2D eigenvalue weighted by atomic mass is 19.1. The summed E-state index contributed by atoms with van der Waals surface area (Å²) in [5.74, 6) is 1.38. The number of halogens is 1. The van der Waals surface area contributed by atoms with Crippen molar-refractivity contribution in [3.63, 3.8) is 0 Å². The summed E-state index contributed by atoms with van der Waals surface area (Å²) in [4.78, 5) is 15.0. The Kier molecular flexibility index (Phi) is 5.69. The second kappa shape index (κ2) is 8.94. The van der Waals surface area contributed by atoms with Crippen LogP contribution in [0.4, 0.5) is 4.39 Å². The van der Waals surface area contributed by atoms with Crippen molar-refractivity contribution in [3.8, 4) is 28.2 Å². The molecule has 7 heteroatoms. The van der Waals surface area contributed by atoms with Crippen LogP contribution < -0.4 is 4.74 Å². The number of ether oxygens (including phenoxy) is 1. The van der Waals surface area contributed by atoms with Crippen LogP contribution in [0.1, 0.15) is 35.0 Å². The molecule has 1 fully saturated rings. The van der Waals surface area contributed by atoms with Gasteiger partial charge in [-0.3, -0.25) is 9.89 Å². The minimum absolute atomic E-state index is 0.0829. The number of nitrogens with one attached hydrogen (secondary N) is 1. The first-order valence-corrected chi connectivity index (χ1v) is 10.9. The number of nitrogens with zero attached hydrogens (tertiary/aromatic N) is 2. The quantitative estimate of drug-likeness (QED) is 0.440.